The van der Waals surface area contributed by atoms with E-state index in [2.05, 4.69) is 5.32 Å². The van der Waals surface area contributed by atoms with E-state index in [4.69, 9.17) is 4.74 Å². The van der Waals surface area contributed by atoms with E-state index in [1.807, 2.05) is 0 Å². The van der Waals surface area contributed by atoms with Gasteiger partial charge in [-0.05, 0) is 42.0 Å². The van der Waals surface area contributed by atoms with E-state index in [0.717, 1.165) is 17.6 Å². The fraction of sp³-hybridized carbons (Fsp3) is 0.235. The largest absolute Gasteiger partial charge is 0.497 e. The topological polar surface area (TPSA) is 75.7 Å². The molecule has 0 fully saturated rings. The van der Waals surface area contributed by atoms with Gasteiger partial charge in [-0.25, -0.2) is 8.42 Å². The van der Waals surface area contributed by atoms with Gasteiger partial charge in [0, 0.05) is 12.7 Å². The molecule has 24 heavy (non-hydrogen) atoms. The molecule has 0 aromatic heterocycles. The molecule has 0 saturated heterocycles. The second-order valence-corrected chi connectivity index (χ2v) is 7.36. The normalized spacial score (nSPS) is 11.0. The molecule has 0 atom stereocenters. The number of hydrogen-bond acceptors (Lipinski definition) is 4. The molecule has 2 rings (SSSR count). The molecule has 6 nitrogen and oxygen atoms in total. The first-order valence-corrected chi connectivity index (χ1v) is 9.11. The smallest absolute Gasteiger partial charge is 0.231 e. The van der Waals surface area contributed by atoms with Crippen LogP contribution in [0, 0.1) is 0 Å². The lowest BCUT2D eigenvalue weighted by Gasteiger charge is -2.16. The van der Waals surface area contributed by atoms with Crippen molar-refractivity contribution in [3.8, 4) is 5.75 Å². The highest BCUT2D eigenvalue weighted by Gasteiger charge is 2.12. The van der Waals surface area contributed by atoms with Crippen LogP contribution in [0.1, 0.15) is 5.56 Å². The Labute approximate surface area is 142 Å². The minimum absolute atomic E-state index is 0.149. The Morgan fingerprint density at radius 3 is 2.17 bits per heavy atom. The maximum absolute atomic E-state index is 12.1. The van der Waals surface area contributed by atoms with Gasteiger partial charge in [-0.1, -0.05) is 12.1 Å². The lowest BCUT2D eigenvalue weighted by molar-refractivity contribution is -0.115. The van der Waals surface area contributed by atoms with Crippen molar-refractivity contribution in [2.75, 3.05) is 30.0 Å². The first kappa shape index (κ1) is 17.8. The average Bonchev–Trinajstić information content (AvgIpc) is 2.54. The van der Waals surface area contributed by atoms with Crippen molar-refractivity contribution in [1.29, 1.82) is 0 Å². The summed E-state index contributed by atoms with van der Waals surface area (Å²) in [5.74, 6) is 0.572. The van der Waals surface area contributed by atoms with Crippen LogP contribution in [0.3, 0.4) is 0 Å². The summed E-state index contributed by atoms with van der Waals surface area (Å²) in [6, 6.07) is 13.9. The number of carbonyl (C=O) groups excluding carboxylic acids is 1. The van der Waals surface area contributed by atoms with Gasteiger partial charge in [0.05, 0.1) is 25.5 Å². The Morgan fingerprint density at radius 2 is 1.67 bits per heavy atom. The number of methoxy groups -OCH3 is 1. The lowest BCUT2D eigenvalue weighted by atomic mass is 10.1. The number of rotatable bonds is 6. The lowest BCUT2D eigenvalue weighted by Crippen LogP contribution is -2.24. The first-order chi connectivity index (χ1) is 11.3. The van der Waals surface area contributed by atoms with Crippen LogP contribution >= 0.6 is 0 Å². The molecule has 128 valence electrons. The van der Waals surface area contributed by atoms with Gasteiger partial charge < -0.3 is 10.1 Å². The molecule has 1 N–H and O–H groups in total. The van der Waals surface area contributed by atoms with Crippen LogP contribution in [0.15, 0.2) is 48.5 Å². The molecule has 0 radical (unpaired) electrons. The molecule has 0 saturated carbocycles. The third-order valence-electron chi connectivity index (χ3n) is 3.54. The molecule has 0 aliphatic heterocycles. The maximum atomic E-state index is 12.1. The molecule has 2 aromatic carbocycles. The zero-order valence-electron chi connectivity index (χ0n) is 13.8. The van der Waals surface area contributed by atoms with E-state index < -0.39 is 10.0 Å². The SMILES string of the molecule is COc1ccc(NC(=O)Cc2ccc(N(C)S(C)(=O)=O)cc2)cc1. The number of benzene rings is 2. The predicted octanol–water partition coefficient (Wildman–Crippen LogP) is 2.27. The van der Waals surface area contributed by atoms with Crippen molar-refractivity contribution in [3.63, 3.8) is 0 Å². The molecule has 0 heterocycles. The first-order valence-electron chi connectivity index (χ1n) is 7.26. The number of ether oxygens (including phenoxy) is 1. The van der Waals surface area contributed by atoms with Crippen LogP contribution in [0.2, 0.25) is 0 Å². The third-order valence-corrected chi connectivity index (χ3v) is 4.74. The van der Waals surface area contributed by atoms with Gasteiger partial charge in [-0.15, -0.1) is 0 Å². The van der Waals surface area contributed by atoms with Gasteiger partial charge in [0.15, 0.2) is 0 Å². The summed E-state index contributed by atoms with van der Waals surface area (Å²) in [5, 5.41) is 2.80. The molecule has 0 bridgehead atoms. The summed E-state index contributed by atoms with van der Waals surface area (Å²) < 4.78 is 29.2. The monoisotopic (exact) mass is 348 g/mol. The quantitative estimate of drug-likeness (QED) is 0.869. The highest BCUT2D eigenvalue weighted by molar-refractivity contribution is 7.92. The van der Waals surface area contributed by atoms with Gasteiger partial charge in [-0.3, -0.25) is 9.10 Å². The second kappa shape index (κ2) is 7.35. The van der Waals surface area contributed by atoms with Crippen LogP contribution < -0.4 is 14.4 Å². The summed E-state index contributed by atoms with van der Waals surface area (Å²) >= 11 is 0. The summed E-state index contributed by atoms with van der Waals surface area (Å²) in [6.07, 6.45) is 1.35. The van der Waals surface area contributed by atoms with Crippen molar-refractivity contribution >= 4 is 27.3 Å². The molecule has 0 aliphatic rings. The van der Waals surface area contributed by atoms with E-state index in [1.54, 1.807) is 55.6 Å². The van der Waals surface area contributed by atoms with Gasteiger partial charge in [0.25, 0.3) is 0 Å². The number of nitrogens with one attached hydrogen (secondary N) is 1. The summed E-state index contributed by atoms with van der Waals surface area (Å²) in [7, 11) is -0.226. The number of sulfonamides is 1. The third kappa shape index (κ3) is 4.73. The van der Waals surface area contributed by atoms with E-state index >= 15 is 0 Å². The molecule has 1 amide bonds. The van der Waals surface area contributed by atoms with Crippen LogP contribution in [-0.4, -0.2) is 34.7 Å². The van der Waals surface area contributed by atoms with Gasteiger partial charge in [-0.2, -0.15) is 0 Å². The van der Waals surface area contributed by atoms with Crippen LogP contribution in [0.25, 0.3) is 0 Å². The zero-order chi connectivity index (χ0) is 17.7. The highest BCUT2D eigenvalue weighted by atomic mass is 32.2. The number of anilines is 2. The second-order valence-electron chi connectivity index (χ2n) is 5.35. The fourth-order valence-electron chi connectivity index (χ4n) is 2.08. The Morgan fingerprint density at radius 1 is 1.08 bits per heavy atom. The standard InChI is InChI=1S/C17H20N2O4S/c1-19(24(3,21)22)15-8-4-13(5-9-15)12-17(20)18-14-6-10-16(23-2)11-7-14/h4-11H,12H2,1-3H3,(H,18,20). The van der Waals surface area contributed by atoms with Gasteiger partial charge >= 0.3 is 0 Å². The Kier molecular flexibility index (Phi) is 5.46. The molecule has 0 spiro atoms. The van der Waals surface area contributed by atoms with Crippen molar-refractivity contribution < 1.29 is 17.9 Å². The van der Waals surface area contributed by atoms with Crippen molar-refractivity contribution in [2.45, 2.75) is 6.42 Å². The minimum atomic E-state index is -3.29. The minimum Gasteiger partial charge on any atom is -0.497 e. The van der Waals surface area contributed by atoms with E-state index in [0.29, 0.717) is 11.4 Å². The Balaban J connectivity index is 1.98. The van der Waals surface area contributed by atoms with E-state index in [1.165, 1.54) is 11.4 Å². The van der Waals surface area contributed by atoms with E-state index in [9.17, 15) is 13.2 Å². The number of amides is 1. The molecule has 0 aliphatic carbocycles. The average molecular weight is 348 g/mol. The van der Waals surface area contributed by atoms with Crippen LogP contribution in [0.5, 0.6) is 5.75 Å². The number of carbonyl (C=O) groups is 1. The Hall–Kier alpha value is -2.54. The fourth-order valence-corrected chi connectivity index (χ4v) is 2.58. The van der Waals surface area contributed by atoms with E-state index in [-0.39, 0.29) is 12.3 Å². The predicted molar refractivity (Wildman–Crippen MR) is 95.0 cm³/mol. The van der Waals surface area contributed by atoms with Crippen molar-refractivity contribution in [1.82, 2.24) is 0 Å². The van der Waals surface area contributed by atoms with Gasteiger partial charge in [0.1, 0.15) is 5.75 Å². The van der Waals surface area contributed by atoms with Crippen molar-refractivity contribution in [3.05, 3.63) is 54.1 Å². The number of nitrogens with zero attached hydrogens (tertiary/aromatic N) is 1. The van der Waals surface area contributed by atoms with Crippen molar-refractivity contribution in [2.24, 2.45) is 0 Å². The Bertz CT molecular complexity index is 799. The number of hydrogen-bond donors (Lipinski definition) is 1. The maximum Gasteiger partial charge on any atom is 0.231 e. The molecule has 2 aromatic rings. The summed E-state index contributed by atoms with van der Waals surface area (Å²) in [5.41, 5.74) is 2.04. The zero-order valence-corrected chi connectivity index (χ0v) is 14.6. The van der Waals surface area contributed by atoms with Crippen LogP contribution in [-0.2, 0) is 21.2 Å². The molecule has 0 unspecified atom stereocenters. The molecular weight excluding hydrogens is 328 g/mol. The molecular formula is C17H20N2O4S. The summed E-state index contributed by atoms with van der Waals surface area (Å²) in [6.45, 7) is 0. The van der Waals surface area contributed by atoms with Crippen LogP contribution in [0.4, 0.5) is 11.4 Å². The highest BCUT2D eigenvalue weighted by Crippen LogP contribution is 2.18. The van der Waals surface area contributed by atoms with Gasteiger partial charge in [0.2, 0.25) is 15.9 Å². The summed E-state index contributed by atoms with van der Waals surface area (Å²) in [4.78, 5) is 12.1. The molecule has 7 heteroatoms.